The second-order valence-corrected chi connectivity index (χ2v) is 6.40. The Kier molecular flexibility index (Phi) is 1.82. The van der Waals surface area contributed by atoms with Crippen molar-refractivity contribution in [3.63, 3.8) is 0 Å². The molecule has 0 aromatic heterocycles. The summed E-state index contributed by atoms with van der Waals surface area (Å²) >= 11 is 0.402. The predicted molar refractivity (Wildman–Crippen MR) is 31.3 cm³/mol. The molecule has 0 spiro atoms. The Bertz CT molecular complexity index is 94.5. The molecule has 0 radical (unpaired) electrons. The van der Waals surface area contributed by atoms with E-state index in [4.69, 9.17) is 5.73 Å². The van der Waals surface area contributed by atoms with Crippen molar-refractivity contribution in [3.05, 3.63) is 0 Å². The van der Waals surface area contributed by atoms with Crippen LogP contribution in [0.25, 0.3) is 0 Å². The van der Waals surface area contributed by atoms with Gasteiger partial charge < -0.3 is 0 Å². The van der Waals surface area contributed by atoms with E-state index in [-0.39, 0.29) is 0 Å². The number of hydrogen-bond acceptors (Lipinski definition) is 1. The van der Waals surface area contributed by atoms with Crippen LogP contribution in [0.15, 0.2) is 0 Å². The fourth-order valence-corrected chi connectivity index (χ4v) is 3.91. The maximum atomic E-state index is 5.95. The molecule has 8 heavy (non-hydrogen) atoms. The molecule has 1 fully saturated rings. The maximum absolute atomic E-state index is 5.95. The van der Waals surface area contributed by atoms with Gasteiger partial charge in [-0.1, -0.05) is 0 Å². The summed E-state index contributed by atoms with van der Waals surface area (Å²) < 4.78 is 1.32. The zero-order chi connectivity index (χ0) is 6.20. The third-order valence-electron chi connectivity index (χ3n) is 1.71. The van der Waals surface area contributed by atoms with Gasteiger partial charge in [0.05, 0.1) is 0 Å². The van der Waals surface area contributed by atoms with Crippen molar-refractivity contribution in [2.24, 2.45) is 5.73 Å². The van der Waals surface area contributed by atoms with Crippen LogP contribution in [-0.4, -0.2) is 7.47 Å². The zero-order valence-electron chi connectivity index (χ0n) is 5.45. The molecule has 50 valence electrons. The Morgan fingerprint density at radius 2 is 2.25 bits per heavy atom. The first-order valence-corrected chi connectivity index (χ1v) is 5.48. The number of hydrogen-bond donors (Lipinski definition) is 1. The van der Waals surface area contributed by atoms with E-state index in [9.17, 15) is 0 Å². The van der Waals surface area contributed by atoms with Crippen LogP contribution in [-0.2, 0) is 0 Å². The molecule has 1 aliphatic rings. The Hall–Kier alpha value is 0.690. The van der Waals surface area contributed by atoms with E-state index in [1.54, 1.807) is 0 Å². The average Bonchev–Trinajstić information content (AvgIpc) is 2.44. The molecule has 1 heterocycles. The van der Waals surface area contributed by atoms with Gasteiger partial charge in [0.1, 0.15) is 0 Å². The summed E-state index contributed by atoms with van der Waals surface area (Å²) in [5.74, 6) is 0. The average molecular weight is 226 g/mol. The first kappa shape index (κ1) is 6.81. The summed E-state index contributed by atoms with van der Waals surface area (Å²) in [7, 11) is 0. The molecule has 0 aromatic rings. The Balaban J connectivity index is 2.31. The standard InChI is InChI=1S/C6H13IN/c1-3-5-6(8,4-2)7-5/h5H,3-4,8H2,1-2H3/q-1. The topological polar surface area (TPSA) is 26.0 Å². The molecule has 0 aromatic carbocycles. The van der Waals surface area contributed by atoms with Gasteiger partial charge in [-0.2, -0.15) is 0 Å². The number of halogens is 1. The summed E-state index contributed by atoms with van der Waals surface area (Å²) in [6.07, 6.45) is 2.52. The minimum absolute atomic E-state index is 0.369. The van der Waals surface area contributed by atoms with Gasteiger partial charge in [0, 0.05) is 0 Å². The Labute approximate surface area is 61.3 Å². The molecular weight excluding hydrogens is 213 g/mol. The van der Waals surface area contributed by atoms with Gasteiger partial charge in [-0.05, 0) is 0 Å². The summed E-state index contributed by atoms with van der Waals surface area (Å²) in [6.45, 7) is 4.45. The van der Waals surface area contributed by atoms with Gasteiger partial charge >= 0.3 is 61.1 Å². The molecular formula is C6H13IN-. The van der Waals surface area contributed by atoms with Crippen LogP contribution >= 0.6 is 0 Å². The van der Waals surface area contributed by atoms with E-state index in [1.165, 1.54) is 12.8 Å². The van der Waals surface area contributed by atoms with Crippen molar-refractivity contribution in [2.75, 3.05) is 0 Å². The van der Waals surface area contributed by atoms with E-state index in [0.29, 0.717) is 24.8 Å². The van der Waals surface area contributed by atoms with Crippen LogP contribution in [0.3, 0.4) is 0 Å². The van der Waals surface area contributed by atoms with Crippen LogP contribution < -0.4 is 26.9 Å². The van der Waals surface area contributed by atoms with Crippen LogP contribution in [0.2, 0.25) is 0 Å². The van der Waals surface area contributed by atoms with Gasteiger partial charge in [-0.15, -0.1) is 0 Å². The van der Waals surface area contributed by atoms with Crippen LogP contribution in [0.5, 0.6) is 0 Å². The van der Waals surface area contributed by atoms with Crippen LogP contribution in [0, 0.1) is 0 Å². The van der Waals surface area contributed by atoms with Crippen LogP contribution in [0.1, 0.15) is 26.7 Å². The number of nitrogens with two attached hydrogens (primary N) is 1. The normalized spacial score (nSPS) is 45.6. The number of rotatable bonds is 2. The van der Waals surface area contributed by atoms with Crippen molar-refractivity contribution in [1.29, 1.82) is 0 Å². The Morgan fingerprint density at radius 1 is 1.62 bits per heavy atom. The SMILES string of the molecule is CCC1[I-]C1(N)CC. The second-order valence-electron chi connectivity index (χ2n) is 2.27. The quantitative estimate of drug-likeness (QED) is 0.327. The van der Waals surface area contributed by atoms with Crippen molar-refractivity contribution in [3.8, 4) is 0 Å². The van der Waals surface area contributed by atoms with Gasteiger partial charge in [0.15, 0.2) is 0 Å². The van der Waals surface area contributed by atoms with E-state index in [0.717, 1.165) is 3.92 Å². The van der Waals surface area contributed by atoms with Crippen molar-refractivity contribution in [2.45, 2.75) is 34.2 Å². The van der Waals surface area contributed by atoms with Crippen molar-refractivity contribution < 1.29 is 21.2 Å². The minimum atomic E-state index is 0.369. The predicted octanol–water partition coefficient (Wildman–Crippen LogP) is -2.07. The first-order valence-electron chi connectivity index (χ1n) is 3.16. The van der Waals surface area contributed by atoms with E-state index >= 15 is 0 Å². The van der Waals surface area contributed by atoms with Crippen molar-refractivity contribution in [1.82, 2.24) is 0 Å². The summed E-state index contributed by atoms with van der Waals surface area (Å²) in [4.78, 5) is 0. The van der Waals surface area contributed by atoms with Crippen molar-refractivity contribution >= 4 is 0 Å². The molecule has 1 nitrogen and oxygen atoms in total. The molecule has 0 saturated carbocycles. The van der Waals surface area contributed by atoms with Gasteiger partial charge in [0.2, 0.25) is 0 Å². The van der Waals surface area contributed by atoms with E-state index in [2.05, 4.69) is 13.8 Å². The zero-order valence-corrected chi connectivity index (χ0v) is 7.60. The molecule has 2 N–H and O–H groups in total. The molecule has 1 aliphatic heterocycles. The molecule has 2 atom stereocenters. The fraction of sp³-hybridized carbons (Fsp3) is 1.00. The van der Waals surface area contributed by atoms with Gasteiger partial charge in [0.25, 0.3) is 0 Å². The molecule has 1 saturated heterocycles. The second kappa shape index (κ2) is 2.14. The Morgan fingerprint density at radius 3 is 2.38 bits per heavy atom. The summed E-state index contributed by atoms with van der Waals surface area (Å²) in [6, 6.07) is 0. The molecule has 1 rings (SSSR count). The van der Waals surface area contributed by atoms with E-state index in [1.807, 2.05) is 0 Å². The molecule has 2 heteroatoms. The molecule has 0 bridgehead atoms. The fourth-order valence-electron chi connectivity index (χ4n) is 0.929. The van der Waals surface area contributed by atoms with Crippen LogP contribution in [0.4, 0.5) is 0 Å². The summed E-state index contributed by atoms with van der Waals surface area (Å²) in [5.41, 5.74) is 5.95. The number of alkyl halides is 2. The third-order valence-corrected chi connectivity index (χ3v) is 6.45. The first-order chi connectivity index (χ1) is 3.73. The monoisotopic (exact) mass is 226 g/mol. The molecule has 2 unspecified atom stereocenters. The molecule has 0 amide bonds. The molecule has 0 aliphatic carbocycles. The van der Waals surface area contributed by atoms with E-state index < -0.39 is 0 Å². The third kappa shape index (κ3) is 1.00. The summed E-state index contributed by atoms with van der Waals surface area (Å²) in [5, 5.41) is 0. The van der Waals surface area contributed by atoms with Gasteiger partial charge in [-0.25, -0.2) is 0 Å². The van der Waals surface area contributed by atoms with Gasteiger partial charge in [-0.3, -0.25) is 0 Å².